The third kappa shape index (κ3) is 5.28. The van der Waals surface area contributed by atoms with Crippen molar-refractivity contribution in [2.45, 2.75) is 31.5 Å². The predicted octanol–water partition coefficient (Wildman–Crippen LogP) is 5.00. The predicted molar refractivity (Wildman–Crippen MR) is 150 cm³/mol. The van der Waals surface area contributed by atoms with E-state index in [4.69, 9.17) is 4.74 Å². The monoisotopic (exact) mass is 559 g/mol. The number of hydrogen-bond donors (Lipinski definition) is 3. The standard InChI is InChI=1S/C30H30FN5O5/c1-34(30(39)40)28-32-24-8-4-20(15-25(24)33-28)19-5-9-27-21(14-19)17-35(12-13-41-27)29(38)36-11-10-23(37)16-26(36)18-2-6-22(31)7-3-18/h2-9,14-15,23,26,37H,10-13,16-17H2,1H3,(H,32,33)(H,39,40)/t23-,26+/m0/s1. The van der Waals surface area contributed by atoms with Crippen molar-refractivity contribution in [1.82, 2.24) is 19.8 Å². The van der Waals surface area contributed by atoms with Crippen LogP contribution in [-0.2, 0) is 6.54 Å². The lowest BCUT2D eigenvalue weighted by Crippen LogP contribution is -2.49. The van der Waals surface area contributed by atoms with E-state index >= 15 is 0 Å². The molecule has 0 aliphatic carbocycles. The molecule has 0 spiro atoms. The highest BCUT2D eigenvalue weighted by Crippen LogP contribution is 2.35. The summed E-state index contributed by atoms with van der Waals surface area (Å²) < 4.78 is 19.6. The second kappa shape index (κ2) is 10.7. The number of fused-ring (bicyclic) bond motifs is 2. The number of piperidine rings is 1. The summed E-state index contributed by atoms with van der Waals surface area (Å²) in [6.07, 6.45) is -0.770. The molecular weight excluding hydrogens is 529 g/mol. The molecular formula is C30H30FN5O5. The lowest BCUT2D eigenvalue weighted by molar-refractivity contribution is 0.0456. The highest BCUT2D eigenvalue weighted by atomic mass is 19.1. The summed E-state index contributed by atoms with van der Waals surface area (Å²) in [7, 11) is 1.42. The molecule has 0 radical (unpaired) electrons. The van der Waals surface area contributed by atoms with Crippen LogP contribution in [0, 0.1) is 5.82 Å². The number of halogens is 1. The van der Waals surface area contributed by atoms with Gasteiger partial charge in [0, 0.05) is 19.2 Å². The number of aromatic nitrogens is 2. The van der Waals surface area contributed by atoms with Gasteiger partial charge in [0.15, 0.2) is 0 Å². The Hall–Kier alpha value is -4.64. The largest absolute Gasteiger partial charge is 0.491 e. The van der Waals surface area contributed by atoms with Gasteiger partial charge in [0.25, 0.3) is 0 Å². The van der Waals surface area contributed by atoms with Crippen molar-refractivity contribution in [1.29, 1.82) is 0 Å². The molecule has 3 amide bonds. The van der Waals surface area contributed by atoms with E-state index in [0.717, 1.165) is 27.2 Å². The van der Waals surface area contributed by atoms with Gasteiger partial charge >= 0.3 is 12.1 Å². The molecule has 1 fully saturated rings. The first-order chi connectivity index (χ1) is 19.8. The smallest absolute Gasteiger partial charge is 0.413 e. The summed E-state index contributed by atoms with van der Waals surface area (Å²) in [6.45, 7) is 1.49. The van der Waals surface area contributed by atoms with Gasteiger partial charge in [-0.25, -0.2) is 19.0 Å². The van der Waals surface area contributed by atoms with Gasteiger partial charge in [0.2, 0.25) is 5.95 Å². The first-order valence-electron chi connectivity index (χ1n) is 13.5. The van der Waals surface area contributed by atoms with Crippen molar-refractivity contribution >= 4 is 29.1 Å². The Labute approximate surface area is 235 Å². The molecule has 1 aromatic heterocycles. The molecule has 0 bridgehead atoms. The number of aromatic amines is 1. The highest BCUT2D eigenvalue weighted by molar-refractivity contribution is 5.88. The van der Waals surface area contributed by atoms with Crippen molar-refractivity contribution in [3.05, 3.63) is 77.6 Å². The number of amides is 3. The van der Waals surface area contributed by atoms with Crippen LogP contribution in [0.1, 0.15) is 30.0 Å². The first-order valence-corrected chi connectivity index (χ1v) is 13.5. The van der Waals surface area contributed by atoms with Crippen LogP contribution in [0.3, 0.4) is 0 Å². The van der Waals surface area contributed by atoms with Crippen LogP contribution in [0.5, 0.6) is 5.75 Å². The van der Waals surface area contributed by atoms with E-state index in [9.17, 15) is 24.2 Å². The van der Waals surface area contributed by atoms with Gasteiger partial charge in [-0.2, -0.15) is 0 Å². The molecule has 6 rings (SSSR count). The molecule has 0 saturated carbocycles. The number of imidazole rings is 1. The van der Waals surface area contributed by atoms with E-state index in [1.807, 2.05) is 36.4 Å². The number of urea groups is 1. The molecule has 10 nitrogen and oxygen atoms in total. The molecule has 11 heteroatoms. The number of carboxylic acid groups (broad SMARTS) is 1. The van der Waals surface area contributed by atoms with Crippen LogP contribution in [0.25, 0.3) is 22.2 Å². The maximum Gasteiger partial charge on any atom is 0.413 e. The van der Waals surface area contributed by atoms with Crippen LogP contribution in [0.4, 0.5) is 19.9 Å². The summed E-state index contributed by atoms with van der Waals surface area (Å²) in [5, 5.41) is 19.6. The normalized spacial score (nSPS) is 18.9. The summed E-state index contributed by atoms with van der Waals surface area (Å²) in [5.74, 6) is 0.597. The van der Waals surface area contributed by atoms with Gasteiger partial charge in [0.05, 0.1) is 36.3 Å². The summed E-state index contributed by atoms with van der Waals surface area (Å²) >= 11 is 0. The zero-order valence-corrected chi connectivity index (χ0v) is 22.5. The molecule has 41 heavy (non-hydrogen) atoms. The van der Waals surface area contributed by atoms with Crippen molar-refractivity contribution in [2.75, 3.05) is 31.6 Å². The van der Waals surface area contributed by atoms with Crippen molar-refractivity contribution in [3.8, 4) is 16.9 Å². The minimum Gasteiger partial charge on any atom is -0.491 e. The number of aliphatic hydroxyl groups is 1. The fraction of sp³-hybridized carbons (Fsp3) is 0.300. The molecule has 3 heterocycles. The van der Waals surface area contributed by atoms with Gasteiger partial charge < -0.3 is 29.7 Å². The Morgan fingerprint density at radius 1 is 1.07 bits per heavy atom. The Balaban J connectivity index is 1.26. The van der Waals surface area contributed by atoms with Crippen LogP contribution in [0.15, 0.2) is 60.7 Å². The molecule has 2 atom stereocenters. The third-order valence-electron chi connectivity index (χ3n) is 7.79. The van der Waals surface area contributed by atoms with E-state index in [1.54, 1.807) is 21.9 Å². The average molecular weight is 560 g/mol. The van der Waals surface area contributed by atoms with E-state index in [-0.39, 0.29) is 23.8 Å². The number of anilines is 1. The van der Waals surface area contributed by atoms with E-state index in [2.05, 4.69) is 9.97 Å². The second-order valence-electron chi connectivity index (χ2n) is 10.4. The SMILES string of the molecule is CN(C(=O)O)c1nc2ccc(-c3ccc4c(c3)CN(C(=O)N3CC[C@H](O)C[C@@H]3c3ccc(F)cc3)CCO4)cc2[nH]1. The Bertz CT molecular complexity index is 1610. The highest BCUT2D eigenvalue weighted by Gasteiger charge is 2.35. The third-order valence-corrected chi connectivity index (χ3v) is 7.79. The number of hydrogen-bond acceptors (Lipinski definition) is 5. The van der Waals surface area contributed by atoms with Gasteiger partial charge in [-0.1, -0.05) is 24.3 Å². The zero-order chi connectivity index (χ0) is 28.7. The number of aliphatic hydroxyl groups excluding tert-OH is 1. The number of H-pyrrole nitrogens is 1. The zero-order valence-electron chi connectivity index (χ0n) is 22.5. The molecule has 2 aliphatic rings. The van der Waals surface area contributed by atoms with E-state index in [1.165, 1.54) is 19.2 Å². The van der Waals surface area contributed by atoms with Crippen LogP contribution >= 0.6 is 0 Å². The fourth-order valence-electron chi connectivity index (χ4n) is 5.52. The second-order valence-corrected chi connectivity index (χ2v) is 10.4. The number of carbonyl (C=O) groups is 2. The Morgan fingerprint density at radius 3 is 2.61 bits per heavy atom. The molecule has 0 unspecified atom stereocenters. The average Bonchev–Trinajstić information content (AvgIpc) is 3.28. The van der Waals surface area contributed by atoms with Crippen LogP contribution in [0.2, 0.25) is 0 Å². The maximum atomic E-state index is 13.9. The quantitative estimate of drug-likeness (QED) is 0.325. The maximum absolute atomic E-state index is 13.9. The molecule has 1 saturated heterocycles. The van der Waals surface area contributed by atoms with E-state index in [0.29, 0.717) is 55.9 Å². The lowest BCUT2D eigenvalue weighted by atomic mass is 9.93. The van der Waals surface area contributed by atoms with Crippen molar-refractivity contribution in [2.24, 2.45) is 0 Å². The molecule has 3 aromatic carbocycles. The van der Waals surface area contributed by atoms with Gasteiger partial charge in [-0.05, 0) is 65.9 Å². The van der Waals surface area contributed by atoms with Gasteiger partial charge in [0.1, 0.15) is 18.2 Å². The Morgan fingerprint density at radius 2 is 1.83 bits per heavy atom. The lowest BCUT2D eigenvalue weighted by Gasteiger charge is -2.40. The number of ether oxygens (including phenoxy) is 1. The molecule has 3 N–H and O–H groups in total. The fourth-order valence-corrected chi connectivity index (χ4v) is 5.52. The van der Waals surface area contributed by atoms with Crippen LogP contribution < -0.4 is 9.64 Å². The minimum atomic E-state index is -1.11. The van der Waals surface area contributed by atoms with Gasteiger partial charge in [-0.15, -0.1) is 0 Å². The van der Waals surface area contributed by atoms with Crippen molar-refractivity contribution < 1.29 is 28.9 Å². The van der Waals surface area contributed by atoms with E-state index < -0.39 is 12.2 Å². The number of likely N-dealkylation sites (tertiary alicyclic amines) is 1. The number of benzene rings is 3. The van der Waals surface area contributed by atoms with Crippen molar-refractivity contribution in [3.63, 3.8) is 0 Å². The molecule has 2 aliphatic heterocycles. The van der Waals surface area contributed by atoms with Gasteiger partial charge in [-0.3, -0.25) is 4.90 Å². The first kappa shape index (κ1) is 26.6. The molecule has 212 valence electrons. The molecule has 4 aromatic rings. The topological polar surface area (TPSA) is 122 Å². The summed E-state index contributed by atoms with van der Waals surface area (Å²) in [4.78, 5) is 37.1. The summed E-state index contributed by atoms with van der Waals surface area (Å²) in [5.41, 5.74) is 4.81. The number of carbonyl (C=O) groups excluding carboxylic acids is 1. The summed E-state index contributed by atoms with van der Waals surface area (Å²) in [6, 6.07) is 17.1. The Kier molecular flexibility index (Phi) is 6.96. The number of nitrogens with one attached hydrogen (secondary N) is 1. The number of rotatable bonds is 3. The number of nitrogens with zero attached hydrogens (tertiary/aromatic N) is 4. The minimum absolute atomic E-state index is 0.151. The van der Waals surface area contributed by atoms with Crippen LogP contribution in [-0.4, -0.2) is 75.0 Å².